The van der Waals surface area contributed by atoms with Crippen LogP contribution in [-0.2, 0) is 11.2 Å². The van der Waals surface area contributed by atoms with Crippen molar-refractivity contribution in [2.24, 2.45) is 0 Å². The van der Waals surface area contributed by atoms with Crippen molar-refractivity contribution in [3.8, 4) is 0 Å². The second kappa shape index (κ2) is 5.36. The Labute approximate surface area is 120 Å². The van der Waals surface area contributed by atoms with Crippen LogP contribution >= 0.6 is 0 Å². The molecule has 3 aromatic rings. The molecule has 0 atom stereocenters. The molecule has 0 aliphatic rings. The molecule has 106 valence electrons. The summed E-state index contributed by atoms with van der Waals surface area (Å²) in [5.41, 5.74) is 2.84. The van der Waals surface area contributed by atoms with Gasteiger partial charge in [-0.25, -0.2) is 9.37 Å². The highest BCUT2D eigenvalue weighted by Gasteiger charge is 2.07. The van der Waals surface area contributed by atoms with Gasteiger partial charge in [-0.2, -0.15) is 0 Å². The van der Waals surface area contributed by atoms with Gasteiger partial charge in [-0.3, -0.25) is 4.79 Å². The fraction of sp³-hybridized carbons (Fsp3) is 0.125. The number of benzene rings is 2. The number of aryl methyl sites for hydroxylation is 1. The van der Waals surface area contributed by atoms with Crippen LogP contribution in [0.1, 0.15) is 11.5 Å². The lowest BCUT2D eigenvalue weighted by Gasteiger charge is -2.05. The third kappa shape index (κ3) is 3.08. The monoisotopic (exact) mass is 284 g/mol. The lowest BCUT2D eigenvalue weighted by molar-refractivity contribution is -0.115. The summed E-state index contributed by atoms with van der Waals surface area (Å²) >= 11 is 0. The summed E-state index contributed by atoms with van der Waals surface area (Å²) in [4.78, 5) is 16.2. The van der Waals surface area contributed by atoms with E-state index in [0.717, 1.165) is 11.1 Å². The van der Waals surface area contributed by atoms with Crippen LogP contribution in [0.5, 0.6) is 0 Å². The number of fused-ring (bicyclic) bond motifs is 1. The Morgan fingerprint density at radius 3 is 2.76 bits per heavy atom. The molecule has 21 heavy (non-hydrogen) atoms. The van der Waals surface area contributed by atoms with Crippen LogP contribution in [0.4, 0.5) is 10.1 Å². The normalized spacial score (nSPS) is 10.8. The Kier molecular flexibility index (Phi) is 3.39. The highest BCUT2D eigenvalue weighted by atomic mass is 19.1. The van der Waals surface area contributed by atoms with E-state index in [0.29, 0.717) is 17.2 Å². The number of anilines is 1. The summed E-state index contributed by atoms with van der Waals surface area (Å²) < 4.78 is 18.2. The average molecular weight is 284 g/mol. The number of hydrogen-bond donors (Lipinski definition) is 1. The number of carbonyl (C=O) groups is 1. The summed E-state index contributed by atoms with van der Waals surface area (Å²) in [5.74, 6) is 0.0919. The van der Waals surface area contributed by atoms with E-state index in [1.54, 1.807) is 13.0 Å². The zero-order valence-corrected chi connectivity index (χ0v) is 11.4. The molecule has 1 aromatic heterocycles. The fourth-order valence-electron chi connectivity index (χ4n) is 2.12. The van der Waals surface area contributed by atoms with Crippen LogP contribution in [0, 0.1) is 12.7 Å². The Hall–Kier alpha value is -2.69. The van der Waals surface area contributed by atoms with Crippen LogP contribution in [0.3, 0.4) is 0 Å². The molecule has 0 aliphatic heterocycles. The lowest BCUT2D eigenvalue weighted by atomic mass is 10.1. The minimum Gasteiger partial charge on any atom is -0.441 e. The second-order valence-electron chi connectivity index (χ2n) is 4.77. The predicted octanol–water partition coefficient (Wildman–Crippen LogP) is 3.46. The summed E-state index contributed by atoms with van der Waals surface area (Å²) in [6.07, 6.45) is 0.215. The molecule has 4 nitrogen and oxygen atoms in total. The molecule has 0 radical (unpaired) electrons. The zero-order chi connectivity index (χ0) is 14.8. The molecule has 0 saturated heterocycles. The molecule has 0 fully saturated rings. The molecule has 0 aliphatic carbocycles. The van der Waals surface area contributed by atoms with E-state index in [1.807, 2.05) is 12.1 Å². The zero-order valence-electron chi connectivity index (χ0n) is 11.4. The molecule has 0 bridgehead atoms. The van der Waals surface area contributed by atoms with Crippen LogP contribution in [-0.4, -0.2) is 10.9 Å². The van der Waals surface area contributed by atoms with Crippen LogP contribution in [0.2, 0.25) is 0 Å². The third-order valence-corrected chi connectivity index (χ3v) is 3.05. The summed E-state index contributed by atoms with van der Waals surface area (Å²) in [6.45, 7) is 1.78. The number of carbonyl (C=O) groups excluding carboxylic acids is 1. The number of nitrogens with zero attached hydrogens (tertiary/aromatic N) is 1. The molecule has 1 amide bonds. The lowest BCUT2D eigenvalue weighted by Crippen LogP contribution is -2.14. The van der Waals surface area contributed by atoms with Crippen molar-refractivity contribution in [1.29, 1.82) is 0 Å². The first-order valence-corrected chi connectivity index (χ1v) is 6.52. The average Bonchev–Trinajstić information content (AvgIpc) is 2.80. The van der Waals surface area contributed by atoms with Gasteiger partial charge in [0.25, 0.3) is 0 Å². The highest BCUT2D eigenvalue weighted by Crippen LogP contribution is 2.17. The van der Waals surface area contributed by atoms with Crippen LogP contribution in [0.15, 0.2) is 46.9 Å². The molecule has 0 saturated carbocycles. The molecule has 0 unspecified atom stereocenters. The number of rotatable bonds is 3. The Bertz CT molecular complexity index is 794. The highest BCUT2D eigenvalue weighted by molar-refractivity contribution is 5.92. The predicted molar refractivity (Wildman–Crippen MR) is 77.5 cm³/mol. The van der Waals surface area contributed by atoms with E-state index in [4.69, 9.17) is 4.42 Å². The number of aromatic nitrogens is 1. The second-order valence-corrected chi connectivity index (χ2v) is 4.77. The first-order valence-electron chi connectivity index (χ1n) is 6.52. The molecule has 2 aromatic carbocycles. The van der Waals surface area contributed by atoms with Crippen molar-refractivity contribution in [2.45, 2.75) is 13.3 Å². The van der Waals surface area contributed by atoms with Crippen LogP contribution < -0.4 is 5.32 Å². The van der Waals surface area contributed by atoms with Crippen molar-refractivity contribution in [1.82, 2.24) is 4.98 Å². The minimum absolute atomic E-state index is 0.169. The summed E-state index contributed by atoms with van der Waals surface area (Å²) in [6, 6.07) is 11.1. The van der Waals surface area contributed by atoms with Crippen molar-refractivity contribution >= 4 is 22.7 Å². The first-order chi connectivity index (χ1) is 10.1. The maximum absolute atomic E-state index is 12.8. The number of amides is 1. The van der Waals surface area contributed by atoms with Gasteiger partial charge in [0.2, 0.25) is 5.91 Å². The summed E-state index contributed by atoms with van der Waals surface area (Å²) in [5, 5.41) is 2.72. The van der Waals surface area contributed by atoms with Gasteiger partial charge >= 0.3 is 0 Å². The van der Waals surface area contributed by atoms with Gasteiger partial charge in [-0.05, 0) is 42.0 Å². The van der Waals surface area contributed by atoms with Gasteiger partial charge in [0, 0.05) is 12.6 Å². The smallest absolute Gasteiger partial charge is 0.228 e. The Balaban J connectivity index is 1.71. The van der Waals surface area contributed by atoms with Crippen molar-refractivity contribution in [2.75, 3.05) is 5.32 Å². The molecule has 1 N–H and O–H groups in total. The molecule has 0 spiro atoms. The van der Waals surface area contributed by atoms with Crippen LogP contribution in [0.25, 0.3) is 11.1 Å². The van der Waals surface area contributed by atoms with Gasteiger partial charge in [-0.1, -0.05) is 6.07 Å². The standard InChI is InChI=1S/C16H13FN2O2/c1-10-18-14-7-2-11(8-15(14)21-10)9-16(20)19-13-5-3-12(17)4-6-13/h2-8H,9H2,1H3,(H,19,20). The number of nitrogens with one attached hydrogen (secondary N) is 1. The van der Waals surface area contributed by atoms with E-state index >= 15 is 0 Å². The van der Waals surface area contributed by atoms with Crippen molar-refractivity contribution in [3.63, 3.8) is 0 Å². The van der Waals surface area contributed by atoms with Gasteiger partial charge in [0.15, 0.2) is 11.5 Å². The SMILES string of the molecule is Cc1nc2ccc(CC(=O)Nc3ccc(F)cc3)cc2o1. The number of hydrogen-bond acceptors (Lipinski definition) is 3. The van der Waals surface area contributed by atoms with Gasteiger partial charge < -0.3 is 9.73 Å². The maximum Gasteiger partial charge on any atom is 0.228 e. The fourth-order valence-corrected chi connectivity index (χ4v) is 2.12. The van der Waals surface area contributed by atoms with Crippen molar-refractivity contribution in [3.05, 3.63) is 59.7 Å². The summed E-state index contributed by atoms with van der Waals surface area (Å²) in [7, 11) is 0. The Morgan fingerprint density at radius 2 is 2.00 bits per heavy atom. The minimum atomic E-state index is -0.334. The van der Waals surface area contributed by atoms with E-state index < -0.39 is 0 Å². The van der Waals surface area contributed by atoms with E-state index in [9.17, 15) is 9.18 Å². The van der Waals surface area contributed by atoms with Gasteiger partial charge in [-0.15, -0.1) is 0 Å². The first kappa shape index (κ1) is 13.3. The molecule has 3 rings (SSSR count). The van der Waals surface area contributed by atoms with Gasteiger partial charge in [0.05, 0.1) is 6.42 Å². The Morgan fingerprint density at radius 1 is 1.24 bits per heavy atom. The van der Waals surface area contributed by atoms with E-state index in [2.05, 4.69) is 10.3 Å². The quantitative estimate of drug-likeness (QED) is 0.801. The molecule has 5 heteroatoms. The largest absolute Gasteiger partial charge is 0.441 e. The molecular formula is C16H13FN2O2. The van der Waals surface area contributed by atoms with E-state index in [-0.39, 0.29) is 18.1 Å². The third-order valence-electron chi connectivity index (χ3n) is 3.05. The molecule has 1 heterocycles. The van der Waals surface area contributed by atoms with Gasteiger partial charge in [0.1, 0.15) is 11.3 Å². The number of halogens is 1. The maximum atomic E-state index is 12.8. The van der Waals surface area contributed by atoms with Crippen molar-refractivity contribution < 1.29 is 13.6 Å². The molecular weight excluding hydrogens is 271 g/mol. The van der Waals surface area contributed by atoms with E-state index in [1.165, 1.54) is 24.3 Å². The number of oxazole rings is 1. The topological polar surface area (TPSA) is 55.1 Å².